The Hall–Kier alpha value is -0.370. The zero-order valence-electron chi connectivity index (χ0n) is 7.84. The van der Waals surface area contributed by atoms with E-state index in [1.54, 1.807) is 7.11 Å². The van der Waals surface area contributed by atoms with Crippen LogP contribution in [0.1, 0.15) is 38.5 Å². The fourth-order valence-electron chi connectivity index (χ4n) is 1.83. The van der Waals surface area contributed by atoms with E-state index in [-0.39, 0.29) is 0 Å². The number of Topliss-reactive ketones (excluding diaryl/α,β-unsaturated/α-hetero) is 1. The van der Waals surface area contributed by atoms with E-state index in [4.69, 9.17) is 4.74 Å². The molecule has 1 fully saturated rings. The van der Waals surface area contributed by atoms with Gasteiger partial charge in [0.05, 0.1) is 0 Å². The smallest absolute Gasteiger partial charge is 0.135 e. The minimum atomic E-state index is 0.355. The Bertz CT molecular complexity index is 143. The van der Waals surface area contributed by atoms with Crippen LogP contribution in [0.2, 0.25) is 0 Å². The lowest BCUT2D eigenvalue weighted by molar-refractivity contribution is -0.124. The Labute approximate surface area is 74.3 Å². The van der Waals surface area contributed by atoms with E-state index >= 15 is 0 Å². The van der Waals surface area contributed by atoms with Crippen molar-refractivity contribution in [1.29, 1.82) is 0 Å². The summed E-state index contributed by atoms with van der Waals surface area (Å²) in [5, 5.41) is 0. The van der Waals surface area contributed by atoms with Crippen molar-refractivity contribution in [2.75, 3.05) is 13.7 Å². The fraction of sp³-hybridized carbons (Fsp3) is 0.900. The quantitative estimate of drug-likeness (QED) is 0.604. The van der Waals surface area contributed by atoms with Gasteiger partial charge in [-0.05, 0) is 25.7 Å². The summed E-state index contributed by atoms with van der Waals surface area (Å²) in [7, 11) is 1.71. The summed E-state index contributed by atoms with van der Waals surface area (Å²) >= 11 is 0. The Morgan fingerprint density at radius 1 is 1.50 bits per heavy atom. The number of ether oxygens (including phenoxy) is 1. The van der Waals surface area contributed by atoms with Crippen LogP contribution in [-0.2, 0) is 9.53 Å². The van der Waals surface area contributed by atoms with Gasteiger partial charge in [-0.3, -0.25) is 4.79 Å². The van der Waals surface area contributed by atoms with Gasteiger partial charge in [0.1, 0.15) is 5.78 Å². The normalized spacial score (nSPS) is 24.4. The molecule has 12 heavy (non-hydrogen) atoms. The topological polar surface area (TPSA) is 26.3 Å². The largest absolute Gasteiger partial charge is 0.385 e. The number of carbonyl (C=O) groups is 1. The zero-order valence-corrected chi connectivity index (χ0v) is 7.84. The summed E-state index contributed by atoms with van der Waals surface area (Å²) < 4.78 is 4.96. The van der Waals surface area contributed by atoms with Crippen LogP contribution in [0.5, 0.6) is 0 Å². The molecule has 0 aliphatic heterocycles. The van der Waals surface area contributed by atoms with Crippen LogP contribution in [0.25, 0.3) is 0 Å². The molecule has 0 aromatic rings. The summed E-state index contributed by atoms with van der Waals surface area (Å²) in [5.41, 5.74) is 0. The lowest BCUT2D eigenvalue weighted by Crippen LogP contribution is -2.19. The Morgan fingerprint density at radius 2 is 2.33 bits per heavy atom. The molecule has 0 spiro atoms. The second-order valence-corrected chi connectivity index (χ2v) is 3.54. The van der Waals surface area contributed by atoms with Gasteiger partial charge < -0.3 is 4.74 Å². The van der Waals surface area contributed by atoms with E-state index in [2.05, 4.69) is 0 Å². The summed E-state index contributed by atoms with van der Waals surface area (Å²) in [6.45, 7) is 0.795. The molecule has 0 heterocycles. The first kappa shape index (κ1) is 9.72. The van der Waals surface area contributed by atoms with Gasteiger partial charge >= 0.3 is 0 Å². The van der Waals surface area contributed by atoms with Crippen LogP contribution in [-0.4, -0.2) is 19.5 Å². The molecular weight excluding hydrogens is 152 g/mol. The van der Waals surface area contributed by atoms with Crippen LogP contribution >= 0.6 is 0 Å². The van der Waals surface area contributed by atoms with Crippen molar-refractivity contribution in [3.63, 3.8) is 0 Å². The lowest BCUT2D eigenvalue weighted by Gasteiger charge is -2.19. The van der Waals surface area contributed by atoms with E-state index < -0.39 is 0 Å². The predicted molar refractivity (Wildman–Crippen MR) is 48.1 cm³/mol. The zero-order chi connectivity index (χ0) is 8.81. The first-order valence-corrected chi connectivity index (χ1v) is 4.86. The molecule has 0 aromatic heterocycles. The summed E-state index contributed by atoms with van der Waals surface area (Å²) in [4.78, 5) is 11.3. The number of hydrogen-bond donors (Lipinski definition) is 0. The predicted octanol–water partition coefficient (Wildman–Crippen LogP) is 2.17. The molecule has 2 nitrogen and oxygen atoms in total. The van der Waals surface area contributed by atoms with Crippen LogP contribution in [0, 0.1) is 5.92 Å². The summed E-state index contributed by atoms with van der Waals surface area (Å²) in [6, 6.07) is 0. The van der Waals surface area contributed by atoms with E-state index in [0.29, 0.717) is 11.7 Å². The highest BCUT2D eigenvalue weighted by molar-refractivity contribution is 5.81. The second kappa shape index (κ2) is 5.31. The molecule has 70 valence electrons. The molecule has 1 saturated carbocycles. The van der Waals surface area contributed by atoms with Crippen molar-refractivity contribution in [3.05, 3.63) is 0 Å². The third-order valence-corrected chi connectivity index (χ3v) is 2.58. The van der Waals surface area contributed by atoms with Gasteiger partial charge in [0.25, 0.3) is 0 Å². The van der Waals surface area contributed by atoms with Gasteiger partial charge in [-0.25, -0.2) is 0 Å². The molecule has 0 bridgehead atoms. The number of carbonyl (C=O) groups excluding carboxylic acids is 1. The van der Waals surface area contributed by atoms with Gasteiger partial charge in [-0.15, -0.1) is 0 Å². The van der Waals surface area contributed by atoms with Crippen molar-refractivity contribution in [2.24, 2.45) is 5.92 Å². The van der Waals surface area contributed by atoms with E-state index in [1.807, 2.05) is 0 Å². The Balaban J connectivity index is 2.16. The monoisotopic (exact) mass is 170 g/mol. The van der Waals surface area contributed by atoms with E-state index in [1.165, 1.54) is 6.42 Å². The molecule has 2 heteroatoms. The molecule has 0 radical (unpaired) electrons. The van der Waals surface area contributed by atoms with Crippen LogP contribution in [0.4, 0.5) is 0 Å². The number of ketones is 1. The van der Waals surface area contributed by atoms with Gasteiger partial charge in [0.2, 0.25) is 0 Å². The number of methoxy groups -OCH3 is 1. The highest BCUT2D eigenvalue weighted by atomic mass is 16.5. The highest BCUT2D eigenvalue weighted by Crippen LogP contribution is 2.24. The van der Waals surface area contributed by atoms with Crippen LogP contribution < -0.4 is 0 Å². The third kappa shape index (κ3) is 2.94. The SMILES string of the molecule is COCCC[C@H]1CCCCC1=O. The van der Waals surface area contributed by atoms with Crippen LogP contribution in [0.15, 0.2) is 0 Å². The molecular formula is C10H18O2. The summed E-state index contributed by atoms with van der Waals surface area (Å²) in [6.07, 6.45) is 6.35. The molecule has 0 saturated heterocycles. The van der Waals surface area contributed by atoms with Crippen molar-refractivity contribution in [3.8, 4) is 0 Å². The standard InChI is InChI=1S/C10H18O2/c1-12-8-4-6-9-5-2-3-7-10(9)11/h9H,2-8H2,1H3/t9-/m1/s1. The average molecular weight is 170 g/mol. The van der Waals surface area contributed by atoms with Crippen molar-refractivity contribution < 1.29 is 9.53 Å². The third-order valence-electron chi connectivity index (χ3n) is 2.58. The maximum atomic E-state index is 11.3. The molecule has 0 aromatic carbocycles. The molecule has 1 aliphatic carbocycles. The maximum Gasteiger partial charge on any atom is 0.135 e. The highest BCUT2D eigenvalue weighted by Gasteiger charge is 2.20. The number of hydrogen-bond acceptors (Lipinski definition) is 2. The van der Waals surface area contributed by atoms with Gasteiger partial charge in [0.15, 0.2) is 0 Å². The molecule has 1 atom stereocenters. The maximum absolute atomic E-state index is 11.3. The van der Waals surface area contributed by atoms with Crippen molar-refractivity contribution in [1.82, 2.24) is 0 Å². The van der Waals surface area contributed by atoms with E-state index in [9.17, 15) is 4.79 Å². The molecule has 0 unspecified atom stereocenters. The molecule has 1 aliphatic rings. The minimum Gasteiger partial charge on any atom is -0.385 e. The molecule has 0 amide bonds. The Kier molecular flexibility index (Phi) is 4.30. The van der Waals surface area contributed by atoms with Gasteiger partial charge in [0, 0.05) is 26.1 Å². The molecule has 1 rings (SSSR count). The number of rotatable bonds is 4. The summed E-state index contributed by atoms with van der Waals surface area (Å²) in [5.74, 6) is 0.839. The van der Waals surface area contributed by atoms with Gasteiger partial charge in [-0.1, -0.05) is 6.42 Å². The van der Waals surface area contributed by atoms with Crippen LogP contribution in [0.3, 0.4) is 0 Å². The van der Waals surface area contributed by atoms with Crippen molar-refractivity contribution in [2.45, 2.75) is 38.5 Å². The minimum absolute atomic E-state index is 0.355. The van der Waals surface area contributed by atoms with Gasteiger partial charge in [-0.2, -0.15) is 0 Å². The lowest BCUT2D eigenvalue weighted by atomic mass is 9.85. The fourth-order valence-corrected chi connectivity index (χ4v) is 1.83. The van der Waals surface area contributed by atoms with Crippen molar-refractivity contribution >= 4 is 5.78 Å². The second-order valence-electron chi connectivity index (χ2n) is 3.54. The first-order chi connectivity index (χ1) is 5.84. The van der Waals surface area contributed by atoms with E-state index in [0.717, 1.165) is 38.7 Å². The average Bonchev–Trinajstić information content (AvgIpc) is 2.09. The first-order valence-electron chi connectivity index (χ1n) is 4.86. The Morgan fingerprint density at radius 3 is 3.00 bits per heavy atom. The molecule has 0 N–H and O–H groups in total.